The van der Waals surface area contributed by atoms with E-state index in [2.05, 4.69) is 36.1 Å². The van der Waals surface area contributed by atoms with Gasteiger partial charge in [0.25, 0.3) is 5.89 Å². The summed E-state index contributed by atoms with van der Waals surface area (Å²) in [5.41, 5.74) is 4.17. The lowest BCUT2D eigenvalue weighted by Crippen LogP contribution is -2.26. The summed E-state index contributed by atoms with van der Waals surface area (Å²) in [4.78, 5) is 4.31. The molecule has 5 rings (SSSR count). The third-order valence-electron chi connectivity index (χ3n) is 4.82. The van der Waals surface area contributed by atoms with E-state index in [0.29, 0.717) is 12.0 Å². The van der Waals surface area contributed by atoms with Crippen LogP contribution in [0.15, 0.2) is 64.1 Å². The molecule has 0 aliphatic carbocycles. The van der Waals surface area contributed by atoms with Crippen molar-refractivity contribution >= 4 is 11.6 Å². The largest absolute Gasteiger partial charge is 0.415 e. The third kappa shape index (κ3) is 4.31. The lowest BCUT2D eigenvalue weighted by atomic mass is 10.1. The van der Waals surface area contributed by atoms with E-state index >= 15 is 0 Å². The van der Waals surface area contributed by atoms with Crippen LogP contribution in [0.5, 0.6) is 0 Å². The molecule has 1 aliphatic heterocycles. The molecule has 0 saturated heterocycles. The summed E-state index contributed by atoms with van der Waals surface area (Å²) in [6, 6.07) is 15.0. The molecule has 2 aromatic heterocycles. The molecule has 4 aromatic rings. The summed E-state index contributed by atoms with van der Waals surface area (Å²) in [6.07, 6.45) is -0.354. The van der Waals surface area contributed by atoms with Crippen LogP contribution in [-0.4, -0.2) is 44.2 Å². The average Bonchev–Trinajstić information content (AvgIpc) is 3.57. The van der Waals surface area contributed by atoms with E-state index in [0.717, 1.165) is 41.7 Å². The fourth-order valence-corrected chi connectivity index (χ4v) is 3.24. The van der Waals surface area contributed by atoms with Crippen LogP contribution in [0.1, 0.15) is 23.6 Å². The SMILES string of the molecule is FC(F)c1nnc(-c2ccc(Cc3cn(-c4ccc(NC5=NCCN5)cc4)nn3)cc2)o1. The Bertz CT molecular complexity index is 1230. The van der Waals surface area contributed by atoms with E-state index < -0.39 is 12.3 Å². The van der Waals surface area contributed by atoms with Gasteiger partial charge in [-0.25, -0.2) is 4.68 Å². The van der Waals surface area contributed by atoms with Gasteiger partial charge in [0.05, 0.1) is 24.1 Å². The van der Waals surface area contributed by atoms with E-state index in [9.17, 15) is 8.78 Å². The number of halogens is 2. The number of aliphatic imine (C=N–C) groups is 1. The molecular weight excluding hydrogens is 418 g/mol. The molecule has 0 spiro atoms. The molecule has 1 aliphatic rings. The predicted molar refractivity (Wildman–Crippen MR) is 113 cm³/mol. The van der Waals surface area contributed by atoms with Gasteiger partial charge < -0.3 is 15.1 Å². The van der Waals surface area contributed by atoms with Gasteiger partial charge in [-0.3, -0.25) is 4.99 Å². The summed E-state index contributed by atoms with van der Waals surface area (Å²) >= 11 is 0. The van der Waals surface area contributed by atoms with Crippen molar-refractivity contribution in [1.82, 2.24) is 30.5 Å². The fraction of sp³-hybridized carbons (Fsp3) is 0.190. The van der Waals surface area contributed by atoms with E-state index in [1.807, 2.05) is 42.6 Å². The van der Waals surface area contributed by atoms with Gasteiger partial charge in [0.15, 0.2) is 5.96 Å². The van der Waals surface area contributed by atoms with Crippen LogP contribution < -0.4 is 10.6 Å². The molecule has 0 amide bonds. The standard InChI is InChI=1S/C21H18F2N8O/c22-18(23)20-29-28-19(32-20)14-3-1-13(2-4-14)11-16-12-31(30-27-16)17-7-5-15(6-8-17)26-21-24-9-10-25-21/h1-8,12,18H,9-11H2,(H2,24,25,26). The number of aromatic nitrogens is 5. The molecule has 0 unspecified atom stereocenters. The molecule has 9 nitrogen and oxygen atoms in total. The molecule has 0 radical (unpaired) electrons. The van der Waals surface area contributed by atoms with Crippen LogP contribution in [0.4, 0.5) is 14.5 Å². The Labute approximate surface area is 181 Å². The molecule has 162 valence electrons. The van der Waals surface area contributed by atoms with E-state index in [-0.39, 0.29) is 5.89 Å². The third-order valence-corrected chi connectivity index (χ3v) is 4.82. The summed E-state index contributed by atoms with van der Waals surface area (Å²) in [7, 11) is 0. The number of nitrogens with one attached hydrogen (secondary N) is 2. The maximum Gasteiger partial charge on any atom is 0.314 e. The summed E-state index contributed by atoms with van der Waals surface area (Å²) in [5.74, 6) is 0.153. The van der Waals surface area contributed by atoms with Crippen LogP contribution in [-0.2, 0) is 6.42 Å². The molecule has 2 aromatic carbocycles. The predicted octanol–water partition coefficient (Wildman–Crippen LogP) is 3.22. The molecule has 11 heteroatoms. The summed E-state index contributed by atoms with van der Waals surface area (Å²) in [5, 5.41) is 21.8. The first-order valence-corrected chi connectivity index (χ1v) is 9.92. The normalized spacial score (nSPS) is 13.3. The van der Waals surface area contributed by atoms with Gasteiger partial charge in [0, 0.05) is 24.2 Å². The van der Waals surface area contributed by atoms with Crippen LogP contribution in [0.25, 0.3) is 17.1 Å². The number of anilines is 1. The number of benzene rings is 2. The summed E-state index contributed by atoms with van der Waals surface area (Å²) < 4.78 is 31.9. The average molecular weight is 436 g/mol. The van der Waals surface area contributed by atoms with Crippen molar-refractivity contribution in [3.05, 3.63) is 71.9 Å². The second-order valence-electron chi connectivity index (χ2n) is 7.10. The monoisotopic (exact) mass is 436 g/mol. The van der Waals surface area contributed by atoms with Gasteiger partial charge in [-0.1, -0.05) is 17.3 Å². The zero-order chi connectivity index (χ0) is 21.9. The second-order valence-corrected chi connectivity index (χ2v) is 7.10. The van der Waals surface area contributed by atoms with E-state index in [1.54, 1.807) is 16.8 Å². The number of rotatable bonds is 6. The smallest absolute Gasteiger partial charge is 0.314 e. The lowest BCUT2D eigenvalue weighted by molar-refractivity contribution is 0.116. The molecule has 32 heavy (non-hydrogen) atoms. The maximum absolute atomic E-state index is 12.6. The topological polar surface area (TPSA) is 106 Å². The van der Waals surface area contributed by atoms with E-state index in [1.165, 1.54) is 0 Å². The summed E-state index contributed by atoms with van der Waals surface area (Å²) in [6.45, 7) is 1.63. The molecule has 2 N–H and O–H groups in total. The minimum Gasteiger partial charge on any atom is -0.415 e. The van der Waals surface area contributed by atoms with Gasteiger partial charge in [-0.05, 0) is 42.0 Å². The maximum atomic E-state index is 12.6. The second kappa shape index (κ2) is 8.53. The van der Waals surface area contributed by atoms with E-state index in [4.69, 9.17) is 4.42 Å². The number of hydrogen-bond donors (Lipinski definition) is 2. The van der Waals surface area contributed by atoms with Crippen LogP contribution >= 0.6 is 0 Å². The highest BCUT2D eigenvalue weighted by Gasteiger charge is 2.17. The highest BCUT2D eigenvalue weighted by Crippen LogP contribution is 2.24. The van der Waals surface area contributed by atoms with Crippen LogP contribution in [0.3, 0.4) is 0 Å². The number of alkyl halides is 2. The zero-order valence-corrected chi connectivity index (χ0v) is 16.7. The van der Waals surface area contributed by atoms with Crippen molar-refractivity contribution in [2.24, 2.45) is 4.99 Å². The number of nitrogens with zero attached hydrogens (tertiary/aromatic N) is 6. The first-order valence-electron chi connectivity index (χ1n) is 9.92. The molecule has 0 saturated carbocycles. The van der Waals surface area contributed by atoms with Gasteiger partial charge in [0.1, 0.15) is 0 Å². The molecule has 0 bridgehead atoms. The van der Waals surface area contributed by atoms with Gasteiger partial charge in [0.2, 0.25) is 5.89 Å². The Morgan fingerprint density at radius 2 is 1.84 bits per heavy atom. The number of hydrogen-bond acceptors (Lipinski definition) is 8. The first kappa shape index (κ1) is 19.8. The van der Waals surface area contributed by atoms with Crippen molar-refractivity contribution in [3.8, 4) is 17.1 Å². The molecule has 0 fully saturated rings. The Kier molecular flexibility index (Phi) is 5.28. The van der Waals surface area contributed by atoms with Crippen molar-refractivity contribution in [1.29, 1.82) is 0 Å². The highest BCUT2D eigenvalue weighted by atomic mass is 19.3. The van der Waals surface area contributed by atoms with Crippen molar-refractivity contribution in [2.45, 2.75) is 12.8 Å². The van der Waals surface area contributed by atoms with Gasteiger partial charge >= 0.3 is 6.43 Å². The highest BCUT2D eigenvalue weighted by molar-refractivity contribution is 5.94. The van der Waals surface area contributed by atoms with Gasteiger partial charge in [-0.2, -0.15) is 8.78 Å². The molecule has 3 heterocycles. The quantitative estimate of drug-likeness (QED) is 0.478. The zero-order valence-electron chi connectivity index (χ0n) is 16.7. The Hall–Kier alpha value is -4.15. The minimum absolute atomic E-state index is 0.0616. The lowest BCUT2D eigenvalue weighted by Gasteiger charge is -2.07. The molecular formula is C21H18F2N8O. The van der Waals surface area contributed by atoms with Crippen molar-refractivity contribution in [2.75, 3.05) is 18.4 Å². The fourth-order valence-electron chi connectivity index (χ4n) is 3.24. The van der Waals surface area contributed by atoms with Crippen molar-refractivity contribution in [3.63, 3.8) is 0 Å². The van der Waals surface area contributed by atoms with Crippen LogP contribution in [0.2, 0.25) is 0 Å². The Morgan fingerprint density at radius 3 is 2.53 bits per heavy atom. The van der Waals surface area contributed by atoms with Crippen molar-refractivity contribution < 1.29 is 13.2 Å². The minimum atomic E-state index is -2.79. The van der Waals surface area contributed by atoms with Crippen LogP contribution in [0, 0.1) is 0 Å². The number of guanidine groups is 1. The Morgan fingerprint density at radius 1 is 1.03 bits per heavy atom. The van der Waals surface area contributed by atoms with Gasteiger partial charge in [-0.15, -0.1) is 15.3 Å². The molecule has 0 atom stereocenters. The first-order chi connectivity index (χ1) is 15.6. The Balaban J connectivity index is 1.24.